The lowest BCUT2D eigenvalue weighted by molar-refractivity contribution is 0.0600. The number of likely N-dealkylation sites (tertiary alicyclic amines) is 1. The summed E-state index contributed by atoms with van der Waals surface area (Å²) in [4.78, 5) is 17.9. The lowest BCUT2D eigenvalue weighted by atomic mass is 10.1. The highest BCUT2D eigenvalue weighted by Gasteiger charge is 2.11. The van der Waals surface area contributed by atoms with Crippen molar-refractivity contribution in [3.63, 3.8) is 0 Å². The van der Waals surface area contributed by atoms with Crippen molar-refractivity contribution in [1.82, 2.24) is 4.90 Å². The predicted molar refractivity (Wildman–Crippen MR) is 78.5 cm³/mol. The monoisotopic (exact) mass is 275 g/mol. The zero-order valence-electron chi connectivity index (χ0n) is 11.8. The quantitative estimate of drug-likeness (QED) is 0.518. The third-order valence-corrected chi connectivity index (χ3v) is 3.48. The van der Waals surface area contributed by atoms with E-state index in [4.69, 9.17) is 5.73 Å². The fourth-order valence-corrected chi connectivity index (χ4v) is 2.26. The molecule has 2 rings (SSSR count). The largest absolute Gasteiger partial charge is 0.465 e. The molecule has 1 aromatic carbocycles. The zero-order valence-corrected chi connectivity index (χ0v) is 11.8. The summed E-state index contributed by atoms with van der Waals surface area (Å²) in [6, 6.07) is 7.24. The highest BCUT2D eigenvalue weighted by molar-refractivity contribution is 5.89. The molecule has 0 amide bonds. The van der Waals surface area contributed by atoms with Crippen LogP contribution in [0.2, 0.25) is 0 Å². The van der Waals surface area contributed by atoms with Gasteiger partial charge in [0.25, 0.3) is 0 Å². The highest BCUT2D eigenvalue weighted by Crippen LogP contribution is 2.10. The van der Waals surface area contributed by atoms with Gasteiger partial charge in [0, 0.05) is 13.1 Å². The van der Waals surface area contributed by atoms with E-state index in [0.29, 0.717) is 18.1 Å². The van der Waals surface area contributed by atoms with Crippen LogP contribution in [0.5, 0.6) is 0 Å². The Morgan fingerprint density at radius 1 is 1.25 bits per heavy atom. The van der Waals surface area contributed by atoms with E-state index >= 15 is 0 Å². The second-order valence-electron chi connectivity index (χ2n) is 4.91. The molecular weight excluding hydrogens is 254 g/mol. The van der Waals surface area contributed by atoms with Crippen LogP contribution in [0.3, 0.4) is 0 Å². The number of carbonyl (C=O) groups excluding carboxylic acids is 1. The van der Waals surface area contributed by atoms with Crippen LogP contribution in [0.1, 0.15) is 35.2 Å². The number of nitrogens with two attached hydrogens (primary N) is 1. The molecule has 1 aromatic rings. The molecule has 0 bridgehead atoms. The summed E-state index contributed by atoms with van der Waals surface area (Å²) in [6.45, 7) is 2.52. The molecule has 1 saturated heterocycles. The first-order chi connectivity index (χ1) is 9.70. The Bertz CT molecular complexity index is 476. The third kappa shape index (κ3) is 3.73. The first-order valence-electron chi connectivity index (χ1n) is 6.93. The number of esters is 1. The number of guanidine groups is 1. The van der Waals surface area contributed by atoms with E-state index < -0.39 is 0 Å². The Morgan fingerprint density at radius 2 is 1.90 bits per heavy atom. The summed E-state index contributed by atoms with van der Waals surface area (Å²) in [5.41, 5.74) is 7.57. The number of nitrogens with zero attached hydrogens (tertiary/aromatic N) is 2. The smallest absolute Gasteiger partial charge is 0.337 e. The number of benzene rings is 1. The van der Waals surface area contributed by atoms with Crippen molar-refractivity contribution < 1.29 is 9.53 Å². The molecule has 108 valence electrons. The minimum Gasteiger partial charge on any atom is -0.465 e. The molecule has 1 heterocycles. The lowest BCUT2D eigenvalue weighted by Crippen LogP contribution is -2.40. The summed E-state index contributed by atoms with van der Waals surface area (Å²) >= 11 is 0. The Hall–Kier alpha value is -2.04. The minimum absolute atomic E-state index is 0.326. The molecule has 1 fully saturated rings. The summed E-state index contributed by atoms with van der Waals surface area (Å²) in [6.07, 6.45) is 3.65. The van der Waals surface area contributed by atoms with E-state index in [1.807, 2.05) is 12.1 Å². The number of aliphatic imine (C=N–C) groups is 1. The van der Waals surface area contributed by atoms with Crippen molar-refractivity contribution in [1.29, 1.82) is 0 Å². The second-order valence-corrected chi connectivity index (χ2v) is 4.91. The molecule has 5 heteroatoms. The van der Waals surface area contributed by atoms with Crippen LogP contribution < -0.4 is 5.73 Å². The predicted octanol–water partition coefficient (Wildman–Crippen LogP) is 1.77. The van der Waals surface area contributed by atoms with E-state index in [0.717, 1.165) is 18.7 Å². The van der Waals surface area contributed by atoms with Gasteiger partial charge >= 0.3 is 5.97 Å². The van der Waals surface area contributed by atoms with Crippen LogP contribution in [0.25, 0.3) is 0 Å². The van der Waals surface area contributed by atoms with E-state index in [2.05, 4.69) is 14.6 Å². The fraction of sp³-hybridized carbons (Fsp3) is 0.467. The van der Waals surface area contributed by atoms with Gasteiger partial charge in [0.2, 0.25) is 0 Å². The van der Waals surface area contributed by atoms with Crippen LogP contribution in [0.15, 0.2) is 29.3 Å². The van der Waals surface area contributed by atoms with Crippen LogP contribution in [0.4, 0.5) is 0 Å². The van der Waals surface area contributed by atoms with Crippen molar-refractivity contribution >= 4 is 11.9 Å². The third-order valence-electron chi connectivity index (χ3n) is 3.48. The highest BCUT2D eigenvalue weighted by atomic mass is 16.5. The van der Waals surface area contributed by atoms with E-state index in [1.54, 1.807) is 12.1 Å². The first kappa shape index (κ1) is 14.4. The van der Waals surface area contributed by atoms with Gasteiger partial charge in [0.15, 0.2) is 5.96 Å². The summed E-state index contributed by atoms with van der Waals surface area (Å²) < 4.78 is 4.66. The normalized spacial score (nSPS) is 16.1. The summed E-state index contributed by atoms with van der Waals surface area (Å²) in [5.74, 6) is 0.287. The SMILES string of the molecule is COC(=O)c1ccc(CN=C(N)N2CCCCC2)cc1. The molecule has 0 aliphatic carbocycles. The van der Waals surface area contributed by atoms with Crippen LogP contribution >= 0.6 is 0 Å². The minimum atomic E-state index is -0.326. The molecule has 0 saturated carbocycles. The number of piperidine rings is 1. The average molecular weight is 275 g/mol. The molecule has 20 heavy (non-hydrogen) atoms. The van der Waals surface area contributed by atoms with Gasteiger partial charge in [-0.3, -0.25) is 0 Å². The van der Waals surface area contributed by atoms with Crippen molar-refractivity contribution in [3.8, 4) is 0 Å². The van der Waals surface area contributed by atoms with Crippen LogP contribution in [-0.2, 0) is 11.3 Å². The molecule has 0 unspecified atom stereocenters. The fourth-order valence-electron chi connectivity index (χ4n) is 2.26. The molecule has 2 N–H and O–H groups in total. The molecule has 0 spiro atoms. The van der Waals surface area contributed by atoms with Gasteiger partial charge in [-0.2, -0.15) is 0 Å². The number of carbonyl (C=O) groups is 1. The van der Waals surface area contributed by atoms with Crippen molar-refractivity contribution in [3.05, 3.63) is 35.4 Å². The number of hydrogen-bond donors (Lipinski definition) is 1. The molecule has 0 atom stereocenters. The second kappa shape index (κ2) is 6.93. The summed E-state index contributed by atoms with van der Waals surface area (Å²) in [7, 11) is 1.37. The van der Waals surface area contributed by atoms with Crippen LogP contribution in [-0.4, -0.2) is 37.0 Å². The average Bonchev–Trinajstić information content (AvgIpc) is 2.53. The molecule has 0 radical (unpaired) electrons. The van der Waals surface area contributed by atoms with Gasteiger partial charge in [0.1, 0.15) is 0 Å². The molecular formula is C15H21N3O2. The summed E-state index contributed by atoms with van der Waals surface area (Å²) in [5, 5.41) is 0. The van der Waals surface area contributed by atoms with E-state index in [1.165, 1.54) is 26.4 Å². The van der Waals surface area contributed by atoms with Crippen molar-refractivity contribution in [2.75, 3.05) is 20.2 Å². The lowest BCUT2D eigenvalue weighted by Gasteiger charge is -2.27. The molecule has 1 aliphatic rings. The standard InChI is InChI=1S/C15H21N3O2/c1-20-14(19)13-7-5-12(6-8-13)11-17-15(16)18-9-3-2-4-10-18/h5-8H,2-4,9-11H2,1H3,(H2,16,17). The number of hydrogen-bond acceptors (Lipinski definition) is 3. The Morgan fingerprint density at radius 3 is 2.50 bits per heavy atom. The van der Waals surface area contributed by atoms with Crippen molar-refractivity contribution in [2.24, 2.45) is 10.7 Å². The van der Waals surface area contributed by atoms with Crippen molar-refractivity contribution in [2.45, 2.75) is 25.8 Å². The van der Waals surface area contributed by atoms with Crippen LogP contribution in [0, 0.1) is 0 Å². The zero-order chi connectivity index (χ0) is 14.4. The molecule has 0 aromatic heterocycles. The number of rotatable bonds is 3. The van der Waals surface area contributed by atoms with Gasteiger partial charge in [-0.05, 0) is 37.0 Å². The topological polar surface area (TPSA) is 67.9 Å². The molecule has 1 aliphatic heterocycles. The maximum absolute atomic E-state index is 11.3. The van der Waals surface area contributed by atoms with Gasteiger partial charge in [-0.15, -0.1) is 0 Å². The first-order valence-corrected chi connectivity index (χ1v) is 6.93. The maximum atomic E-state index is 11.3. The van der Waals surface area contributed by atoms with Gasteiger partial charge < -0.3 is 15.4 Å². The number of ether oxygens (including phenoxy) is 1. The van der Waals surface area contributed by atoms with Gasteiger partial charge in [0.05, 0.1) is 19.2 Å². The van der Waals surface area contributed by atoms with Gasteiger partial charge in [-0.1, -0.05) is 12.1 Å². The number of methoxy groups -OCH3 is 1. The van der Waals surface area contributed by atoms with E-state index in [-0.39, 0.29) is 5.97 Å². The maximum Gasteiger partial charge on any atom is 0.337 e. The van der Waals surface area contributed by atoms with Gasteiger partial charge in [-0.25, -0.2) is 9.79 Å². The molecule has 5 nitrogen and oxygen atoms in total. The van der Waals surface area contributed by atoms with E-state index in [9.17, 15) is 4.79 Å². The Labute approximate surface area is 119 Å². The Kier molecular flexibility index (Phi) is 4.98. The Balaban J connectivity index is 1.94.